The van der Waals surface area contributed by atoms with E-state index in [0.717, 1.165) is 63.4 Å². The zero-order valence-electron chi connectivity index (χ0n) is 18.8. The molecule has 3 aromatic rings. The highest BCUT2D eigenvalue weighted by atomic mass is 32.2. The van der Waals surface area contributed by atoms with Gasteiger partial charge in [-0.25, -0.2) is 4.39 Å². The maximum Gasteiger partial charge on any atom is 0.166 e. The first-order valence-corrected chi connectivity index (χ1v) is 12.3. The lowest BCUT2D eigenvalue weighted by Crippen LogP contribution is -2.44. The third-order valence-electron chi connectivity index (χ3n) is 5.97. The van der Waals surface area contributed by atoms with Gasteiger partial charge in [0.05, 0.1) is 6.61 Å². The summed E-state index contributed by atoms with van der Waals surface area (Å²) in [4.78, 5) is 8.98. The largest absolute Gasteiger partial charge is 0.490 e. The summed E-state index contributed by atoms with van der Waals surface area (Å²) < 4.78 is 23.4. The SMILES string of the molecule is CN1CCN(CCCOc2ccc(SNCCCc3c[nH]c4ccccc34)cc2F)CC1. The van der Waals surface area contributed by atoms with Crippen molar-refractivity contribution in [1.29, 1.82) is 0 Å². The molecular formula is C25H33FN4OS. The van der Waals surface area contributed by atoms with E-state index in [9.17, 15) is 4.39 Å². The van der Waals surface area contributed by atoms with Crippen molar-refractivity contribution in [1.82, 2.24) is 19.5 Å². The van der Waals surface area contributed by atoms with Gasteiger partial charge in [-0.05, 0) is 68.1 Å². The molecule has 1 aliphatic rings. The molecule has 7 heteroatoms. The minimum absolute atomic E-state index is 0.296. The number of aryl methyl sites for hydroxylation is 1. The summed E-state index contributed by atoms with van der Waals surface area (Å²) in [6, 6.07) is 13.6. The van der Waals surface area contributed by atoms with Gasteiger partial charge in [0.2, 0.25) is 0 Å². The Morgan fingerprint density at radius 3 is 2.78 bits per heavy atom. The smallest absolute Gasteiger partial charge is 0.166 e. The van der Waals surface area contributed by atoms with Crippen molar-refractivity contribution in [2.75, 3.05) is 52.9 Å². The van der Waals surface area contributed by atoms with Gasteiger partial charge >= 0.3 is 0 Å². The standard InChI is InChI=1S/C25H33FN4OS/c1-29-13-15-30(16-14-29)12-5-17-31-25-10-9-21(18-23(25)26)32-28-11-4-6-20-19-27-24-8-3-2-7-22(20)24/h2-3,7-10,18-19,27-28H,4-6,11-17H2,1H3. The summed E-state index contributed by atoms with van der Waals surface area (Å²) in [5.41, 5.74) is 2.52. The van der Waals surface area contributed by atoms with E-state index in [1.165, 1.54) is 28.4 Å². The number of rotatable bonds is 11. The number of benzene rings is 2. The number of hydrogen-bond acceptors (Lipinski definition) is 5. The number of H-pyrrole nitrogens is 1. The summed E-state index contributed by atoms with van der Waals surface area (Å²) >= 11 is 1.47. The minimum atomic E-state index is -0.296. The van der Waals surface area contributed by atoms with E-state index >= 15 is 0 Å². The molecule has 4 rings (SSSR count). The number of nitrogens with zero attached hydrogens (tertiary/aromatic N) is 2. The summed E-state index contributed by atoms with van der Waals surface area (Å²) in [7, 11) is 2.16. The number of aromatic nitrogens is 1. The molecule has 0 saturated carbocycles. The van der Waals surface area contributed by atoms with Crippen LogP contribution in [0.15, 0.2) is 53.6 Å². The van der Waals surface area contributed by atoms with Crippen LogP contribution < -0.4 is 9.46 Å². The van der Waals surface area contributed by atoms with Crippen LogP contribution in [0.5, 0.6) is 5.75 Å². The number of para-hydroxylation sites is 1. The van der Waals surface area contributed by atoms with Crippen molar-refractivity contribution in [3.05, 3.63) is 60.0 Å². The quantitative estimate of drug-likeness (QED) is 0.327. The van der Waals surface area contributed by atoms with Gasteiger partial charge in [0.1, 0.15) is 0 Å². The average molecular weight is 457 g/mol. The molecule has 0 spiro atoms. The molecule has 32 heavy (non-hydrogen) atoms. The van der Waals surface area contributed by atoms with E-state index in [4.69, 9.17) is 4.74 Å². The van der Waals surface area contributed by atoms with Crippen molar-refractivity contribution < 1.29 is 9.13 Å². The van der Waals surface area contributed by atoms with Crippen molar-refractivity contribution in [3.8, 4) is 5.75 Å². The van der Waals surface area contributed by atoms with Crippen LogP contribution in [0, 0.1) is 5.82 Å². The van der Waals surface area contributed by atoms with Crippen LogP contribution in [0.2, 0.25) is 0 Å². The lowest BCUT2D eigenvalue weighted by atomic mass is 10.1. The highest BCUT2D eigenvalue weighted by Crippen LogP contribution is 2.24. The fourth-order valence-electron chi connectivity index (χ4n) is 4.03. The van der Waals surface area contributed by atoms with Gasteiger partial charge in [0.15, 0.2) is 11.6 Å². The Balaban J connectivity index is 1.13. The Hall–Kier alpha value is -2.06. The number of nitrogens with one attached hydrogen (secondary N) is 2. The summed E-state index contributed by atoms with van der Waals surface area (Å²) in [5.74, 6) is 0.0438. The Morgan fingerprint density at radius 1 is 1.09 bits per heavy atom. The fraction of sp³-hybridized carbons (Fsp3) is 0.440. The Bertz CT molecular complexity index is 987. The van der Waals surface area contributed by atoms with E-state index in [-0.39, 0.29) is 5.82 Å². The van der Waals surface area contributed by atoms with Crippen LogP contribution in [-0.2, 0) is 6.42 Å². The fourth-order valence-corrected chi connectivity index (χ4v) is 4.74. The molecule has 2 N–H and O–H groups in total. The molecule has 0 radical (unpaired) electrons. The highest BCUT2D eigenvalue weighted by Gasteiger charge is 2.13. The predicted octanol–water partition coefficient (Wildman–Crippen LogP) is 4.55. The molecule has 2 aromatic carbocycles. The van der Waals surface area contributed by atoms with E-state index < -0.39 is 0 Å². The van der Waals surface area contributed by atoms with Crippen molar-refractivity contribution in [3.63, 3.8) is 0 Å². The molecule has 2 heterocycles. The highest BCUT2D eigenvalue weighted by molar-refractivity contribution is 7.97. The van der Waals surface area contributed by atoms with Crippen LogP contribution >= 0.6 is 11.9 Å². The summed E-state index contributed by atoms with van der Waals surface area (Å²) in [6.45, 7) is 6.85. The molecule has 0 unspecified atom stereocenters. The number of ether oxygens (including phenoxy) is 1. The van der Waals surface area contributed by atoms with E-state index in [2.05, 4.69) is 50.9 Å². The molecule has 1 aromatic heterocycles. The molecule has 0 atom stereocenters. The van der Waals surface area contributed by atoms with Gasteiger partial charge in [-0.2, -0.15) is 0 Å². The van der Waals surface area contributed by atoms with Gasteiger partial charge in [-0.1, -0.05) is 18.2 Å². The third-order valence-corrected chi connectivity index (χ3v) is 6.80. The Morgan fingerprint density at radius 2 is 1.94 bits per heavy atom. The lowest BCUT2D eigenvalue weighted by Gasteiger charge is -2.32. The van der Waals surface area contributed by atoms with Crippen LogP contribution in [0.4, 0.5) is 4.39 Å². The second-order valence-electron chi connectivity index (χ2n) is 8.40. The molecule has 1 aliphatic heterocycles. The van der Waals surface area contributed by atoms with Gasteiger partial charge in [0, 0.05) is 61.3 Å². The second kappa shape index (κ2) is 11.7. The first-order valence-electron chi connectivity index (χ1n) is 11.5. The number of likely N-dealkylation sites (N-methyl/N-ethyl adjacent to an activating group) is 1. The average Bonchev–Trinajstić information content (AvgIpc) is 3.22. The zero-order chi connectivity index (χ0) is 22.2. The topological polar surface area (TPSA) is 43.5 Å². The monoisotopic (exact) mass is 456 g/mol. The summed E-state index contributed by atoms with van der Waals surface area (Å²) in [6.07, 6.45) is 5.04. The predicted molar refractivity (Wildman–Crippen MR) is 131 cm³/mol. The number of piperazine rings is 1. The first kappa shape index (κ1) is 23.1. The number of aromatic amines is 1. The van der Waals surface area contributed by atoms with Gasteiger partial charge in [-0.15, -0.1) is 0 Å². The molecule has 172 valence electrons. The normalized spacial score (nSPS) is 15.4. The van der Waals surface area contributed by atoms with Gasteiger partial charge in [-0.3, -0.25) is 4.72 Å². The Labute approximate surface area is 194 Å². The molecule has 1 fully saturated rings. The lowest BCUT2D eigenvalue weighted by molar-refractivity contribution is 0.145. The first-order chi connectivity index (χ1) is 15.7. The maximum atomic E-state index is 14.4. The zero-order valence-corrected chi connectivity index (χ0v) is 19.6. The van der Waals surface area contributed by atoms with Crippen LogP contribution in [0.3, 0.4) is 0 Å². The van der Waals surface area contributed by atoms with Gasteiger partial charge < -0.3 is 19.5 Å². The molecule has 1 saturated heterocycles. The summed E-state index contributed by atoms with van der Waals surface area (Å²) in [5, 5.41) is 1.29. The van der Waals surface area contributed by atoms with E-state index in [1.807, 2.05) is 12.1 Å². The second-order valence-corrected chi connectivity index (χ2v) is 9.36. The minimum Gasteiger partial charge on any atom is -0.490 e. The molecule has 0 aliphatic carbocycles. The number of hydrogen-bond donors (Lipinski definition) is 2. The number of fused-ring (bicyclic) bond motifs is 1. The van der Waals surface area contributed by atoms with Crippen molar-refractivity contribution >= 4 is 22.9 Å². The molecular weight excluding hydrogens is 423 g/mol. The van der Waals surface area contributed by atoms with Crippen LogP contribution in [-0.4, -0.2) is 67.7 Å². The van der Waals surface area contributed by atoms with E-state index in [0.29, 0.717) is 12.4 Å². The van der Waals surface area contributed by atoms with Gasteiger partial charge in [0.25, 0.3) is 0 Å². The molecule has 5 nitrogen and oxygen atoms in total. The van der Waals surface area contributed by atoms with Crippen molar-refractivity contribution in [2.45, 2.75) is 24.2 Å². The number of halogens is 1. The third kappa shape index (κ3) is 6.48. The van der Waals surface area contributed by atoms with E-state index in [1.54, 1.807) is 12.1 Å². The van der Waals surface area contributed by atoms with Crippen LogP contribution in [0.25, 0.3) is 10.9 Å². The van der Waals surface area contributed by atoms with Crippen LogP contribution in [0.1, 0.15) is 18.4 Å². The molecule has 0 amide bonds. The van der Waals surface area contributed by atoms with Crippen molar-refractivity contribution in [2.24, 2.45) is 0 Å². The maximum absolute atomic E-state index is 14.4. The Kier molecular flexibility index (Phi) is 8.45. The molecule has 0 bridgehead atoms.